The van der Waals surface area contributed by atoms with E-state index in [2.05, 4.69) is 5.32 Å². The first-order chi connectivity index (χ1) is 8.11. The van der Waals surface area contributed by atoms with Crippen molar-refractivity contribution >= 4 is 17.7 Å². The molecule has 0 radical (unpaired) electrons. The van der Waals surface area contributed by atoms with Crippen molar-refractivity contribution in [2.75, 3.05) is 33.5 Å². The molecule has 0 spiro atoms. The summed E-state index contributed by atoms with van der Waals surface area (Å²) in [4.78, 5) is 12.8. The van der Waals surface area contributed by atoms with Crippen LogP contribution in [0.25, 0.3) is 0 Å². The number of likely N-dealkylation sites (N-methyl/N-ethyl adjacent to an activating group) is 1. The first-order valence-corrected chi connectivity index (χ1v) is 6.52. The highest BCUT2D eigenvalue weighted by atomic mass is 32.2. The first kappa shape index (κ1) is 14.3. The van der Waals surface area contributed by atoms with E-state index in [0.29, 0.717) is 6.61 Å². The number of carbonyl (C=O) groups is 1. The molecule has 1 saturated heterocycles. The zero-order valence-corrected chi connectivity index (χ0v) is 11.4. The van der Waals surface area contributed by atoms with Gasteiger partial charge >= 0.3 is 5.97 Å². The summed E-state index contributed by atoms with van der Waals surface area (Å²) in [5.74, 6) is -0.178. The fourth-order valence-corrected chi connectivity index (χ4v) is 2.19. The summed E-state index contributed by atoms with van der Waals surface area (Å²) in [7, 11) is 1.87. The maximum atomic E-state index is 11.5. The lowest BCUT2D eigenvalue weighted by atomic mass is 10.3. The summed E-state index contributed by atoms with van der Waals surface area (Å²) in [6.45, 7) is 6.77. The van der Waals surface area contributed by atoms with Gasteiger partial charge in [0.05, 0.1) is 19.9 Å². The van der Waals surface area contributed by atoms with Crippen LogP contribution in [0.1, 0.15) is 13.8 Å². The minimum Gasteiger partial charge on any atom is -0.464 e. The molecule has 2 heterocycles. The van der Waals surface area contributed by atoms with Gasteiger partial charge in [0.15, 0.2) is 4.87 Å². The van der Waals surface area contributed by atoms with Crippen LogP contribution < -0.4 is 5.32 Å². The number of nitrogens with one attached hydrogen (secondary N) is 1. The van der Waals surface area contributed by atoms with Crippen molar-refractivity contribution < 1.29 is 14.3 Å². The number of ether oxygens (including phenoxy) is 2. The Morgan fingerprint density at radius 2 is 2.47 bits per heavy atom. The van der Waals surface area contributed by atoms with Crippen molar-refractivity contribution in [3.05, 3.63) is 11.6 Å². The SMILES string of the molecule is C1COCN1.CCOC(=O)C1(C)SC=CN1C. The molecule has 2 aliphatic rings. The molecule has 0 aromatic carbocycles. The zero-order chi connectivity index (χ0) is 12.7. The van der Waals surface area contributed by atoms with Crippen LogP contribution in [0, 0.1) is 0 Å². The molecule has 6 heteroatoms. The van der Waals surface area contributed by atoms with E-state index < -0.39 is 4.87 Å². The minimum atomic E-state index is -0.560. The van der Waals surface area contributed by atoms with Gasteiger partial charge in [0.25, 0.3) is 0 Å². The third-order valence-corrected chi connectivity index (χ3v) is 3.71. The van der Waals surface area contributed by atoms with Crippen LogP contribution >= 0.6 is 11.8 Å². The maximum Gasteiger partial charge on any atom is 0.342 e. The third kappa shape index (κ3) is 3.90. The van der Waals surface area contributed by atoms with Crippen molar-refractivity contribution in [2.24, 2.45) is 0 Å². The molecule has 0 amide bonds. The highest BCUT2D eigenvalue weighted by Gasteiger charge is 2.40. The molecule has 1 unspecified atom stereocenters. The van der Waals surface area contributed by atoms with Crippen molar-refractivity contribution in [1.82, 2.24) is 10.2 Å². The Balaban J connectivity index is 0.000000239. The van der Waals surface area contributed by atoms with Gasteiger partial charge in [-0.2, -0.15) is 0 Å². The summed E-state index contributed by atoms with van der Waals surface area (Å²) in [5, 5.41) is 4.90. The minimum absolute atomic E-state index is 0.178. The first-order valence-electron chi connectivity index (χ1n) is 5.64. The number of thioether (sulfide) groups is 1. The van der Waals surface area contributed by atoms with E-state index in [-0.39, 0.29) is 5.97 Å². The molecule has 1 atom stereocenters. The number of carbonyl (C=O) groups excluding carboxylic acids is 1. The topological polar surface area (TPSA) is 50.8 Å². The molecular formula is C11H20N2O3S. The van der Waals surface area contributed by atoms with Crippen LogP contribution in [0.5, 0.6) is 0 Å². The normalized spacial score (nSPS) is 26.6. The molecule has 98 valence electrons. The molecule has 5 nitrogen and oxygen atoms in total. The van der Waals surface area contributed by atoms with Crippen LogP contribution in [0.3, 0.4) is 0 Å². The Bertz CT molecular complexity index is 274. The quantitative estimate of drug-likeness (QED) is 0.747. The van der Waals surface area contributed by atoms with Gasteiger partial charge < -0.3 is 14.4 Å². The molecule has 0 aromatic rings. The van der Waals surface area contributed by atoms with Gasteiger partial charge in [-0.3, -0.25) is 5.32 Å². The number of esters is 1. The van der Waals surface area contributed by atoms with Crippen LogP contribution in [-0.4, -0.2) is 49.3 Å². The van der Waals surface area contributed by atoms with E-state index in [1.807, 2.05) is 37.4 Å². The van der Waals surface area contributed by atoms with Crippen molar-refractivity contribution in [2.45, 2.75) is 18.7 Å². The van der Waals surface area contributed by atoms with Gasteiger partial charge in [0.1, 0.15) is 0 Å². The highest BCUT2D eigenvalue weighted by Crippen LogP contribution is 2.36. The molecule has 0 aliphatic carbocycles. The van der Waals surface area contributed by atoms with E-state index in [1.54, 1.807) is 0 Å². The van der Waals surface area contributed by atoms with Crippen molar-refractivity contribution in [1.29, 1.82) is 0 Å². The van der Waals surface area contributed by atoms with E-state index >= 15 is 0 Å². The van der Waals surface area contributed by atoms with Gasteiger partial charge in [-0.15, -0.1) is 0 Å². The summed E-state index contributed by atoms with van der Waals surface area (Å²) in [5.41, 5.74) is 0. The summed E-state index contributed by atoms with van der Waals surface area (Å²) in [6, 6.07) is 0. The summed E-state index contributed by atoms with van der Waals surface area (Å²) >= 11 is 1.47. The predicted molar refractivity (Wildman–Crippen MR) is 68.4 cm³/mol. The second-order valence-corrected chi connectivity index (χ2v) is 5.07. The zero-order valence-electron chi connectivity index (χ0n) is 10.6. The average molecular weight is 260 g/mol. The molecule has 2 aliphatic heterocycles. The second kappa shape index (κ2) is 6.88. The number of nitrogens with zero attached hydrogens (tertiary/aromatic N) is 1. The van der Waals surface area contributed by atoms with Crippen molar-refractivity contribution in [3.8, 4) is 0 Å². The monoisotopic (exact) mass is 260 g/mol. The van der Waals surface area contributed by atoms with Gasteiger partial charge in [0, 0.05) is 19.8 Å². The van der Waals surface area contributed by atoms with Crippen LogP contribution in [-0.2, 0) is 14.3 Å². The van der Waals surface area contributed by atoms with E-state index in [0.717, 1.165) is 19.9 Å². The molecule has 0 aromatic heterocycles. The number of hydrogen-bond donors (Lipinski definition) is 1. The Morgan fingerprint density at radius 3 is 2.82 bits per heavy atom. The van der Waals surface area contributed by atoms with Gasteiger partial charge in [-0.25, -0.2) is 4.79 Å². The molecule has 0 saturated carbocycles. The van der Waals surface area contributed by atoms with Gasteiger partial charge in [-0.1, -0.05) is 11.8 Å². The fraction of sp³-hybridized carbons (Fsp3) is 0.727. The standard InChI is InChI=1S/C8H13NO2S.C3H7NO/c1-4-11-7(10)8(2)9(3)5-6-12-8;1-2-5-3-4-1/h5-6H,4H2,1-3H3;4H,1-3H2. The third-order valence-electron chi connectivity index (χ3n) is 2.54. The van der Waals surface area contributed by atoms with Gasteiger partial charge in [0.2, 0.25) is 0 Å². The van der Waals surface area contributed by atoms with Crippen LogP contribution in [0.2, 0.25) is 0 Å². The average Bonchev–Trinajstić information content (AvgIpc) is 2.95. The second-order valence-electron chi connectivity index (χ2n) is 3.77. The van der Waals surface area contributed by atoms with Gasteiger partial charge in [-0.05, 0) is 19.3 Å². The van der Waals surface area contributed by atoms with E-state index in [1.165, 1.54) is 11.8 Å². The molecule has 2 rings (SSSR count). The van der Waals surface area contributed by atoms with Crippen molar-refractivity contribution in [3.63, 3.8) is 0 Å². The van der Waals surface area contributed by atoms with Crippen LogP contribution in [0.4, 0.5) is 0 Å². The lowest BCUT2D eigenvalue weighted by Gasteiger charge is -2.29. The van der Waals surface area contributed by atoms with E-state index in [4.69, 9.17) is 9.47 Å². The Morgan fingerprint density at radius 1 is 1.71 bits per heavy atom. The molecule has 17 heavy (non-hydrogen) atoms. The molecular weight excluding hydrogens is 240 g/mol. The maximum absolute atomic E-state index is 11.5. The predicted octanol–water partition coefficient (Wildman–Crippen LogP) is 0.979. The number of hydrogen-bond acceptors (Lipinski definition) is 6. The van der Waals surface area contributed by atoms with E-state index in [9.17, 15) is 4.79 Å². The lowest BCUT2D eigenvalue weighted by molar-refractivity contribution is -0.149. The molecule has 0 bridgehead atoms. The Kier molecular flexibility index (Phi) is 5.80. The summed E-state index contributed by atoms with van der Waals surface area (Å²) < 4.78 is 9.79. The fourth-order valence-electron chi connectivity index (χ4n) is 1.30. The smallest absolute Gasteiger partial charge is 0.342 e. The molecule has 1 N–H and O–H groups in total. The lowest BCUT2D eigenvalue weighted by Crippen LogP contribution is -2.43. The van der Waals surface area contributed by atoms with Crippen LogP contribution in [0.15, 0.2) is 11.6 Å². The number of rotatable bonds is 2. The Hall–Kier alpha value is -0.720. The molecule has 1 fully saturated rings. The highest BCUT2D eigenvalue weighted by molar-refractivity contribution is 8.04. The Labute approximate surface area is 107 Å². The summed E-state index contributed by atoms with van der Waals surface area (Å²) in [6.07, 6.45) is 1.88. The largest absolute Gasteiger partial charge is 0.464 e.